The van der Waals surface area contributed by atoms with Crippen molar-refractivity contribution in [2.75, 3.05) is 19.6 Å². The number of aromatic nitrogens is 1. The number of fused-ring (bicyclic) bond motifs is 1. The normalized spacial score (nSPS) is 19.8. The van der Waals surface area contributed by atoms with Gasteiger partial charge in [0.05, 0.1) is 0 Å². The van der Waals surface area contributed by atoms with E-state index in [0.29, 0.717) is 31.9 Å². The van der Waals surface area contributed by atoms with Crippen LogP contribution < -0.4 is 0 Å². The highest BCUT2D eigenvalue weighted by molar-refractivity contribution is 7.16. The zero-order valence-electron chi connectivity index (χ0n) is 18.3. The summed E-state index contributed by atoms with van der Waals surface area (Å²) in [6, 6.07) is 10.5. The second kappa shape index (κ2) is 8.70. The van der Waals surface area contributed by atoms with Gasteiger partial charge in [0, 0.05) is 43.5 Å². The number of thiophene rings is 1. The maximum absolute atomic E-state index is 13.7. The van der Waals surface area contributed by atoms with Gasteiger partial charge < -0.3 is 14.4 Å². The van der Waals surface area contributed by atoms with Crippen LogP contribution in [0.1, 0.15) is 48.7 Å². The van der Waals surface area contributed by atoms with Crippen LogP contribution in [0.2, 0.25) is 0 Å². The topological polar surface area (TPSA) is 45.6 Å². The molecule has 7 heteroatoms. The van der Waals surface area contributed by atoms with Crippen LogP contribution in [0.3, 0.4) is 0 Å². The molecule has 2 amide bonds. The molecular formula is C25H28FN3O2S. The van der Waals surface area contributed by atoms with E-state index in [-0.39, 0.29) is 29.6 Å². The molecule has 1 unspecified atom stereocenters. The summed E-state index contributed by atoms with van der Waals surface area (Å²) in [4.78, 5) is 31.3. The van der Waals surface area contributed by atoms with Gasteiger partial charge in [-0.1, -0.05) is 25.0 Å². The third-order valence-corrected chi connectivity index (χ3v) is 7.80. The van der Waals surface area contributed by atoms with Crippen LogP contribution in [0.15, 0.2) is 41.8 Å². The van der Waals surface area contributed by atoms with Crippen molar-refractivity contribution >= 4 is 33.4 Å². The molecule has 0 spiro atoms. The van der Waals surface area contributed by atoms with Crippen LogP contribution in [0.25, 0.3) is 10.2 Å². The summed E-state index contributed by atoms with van der Waals surface area (Å²) in [6.45, 7) is 4.15. The summed E-state index contributed by atoms with van der Waals surface area (Å²) >= 11 is 1.59. The lowest BCUT2D eigenvalue weighted by molar-refractivity contribution is -0.139. The predicted octanol–water partition coefficient (Wildman–Crippen LogP) is 4.75. The average molecular weight is 454 g/mol. The fourth-order valence-electron chi connectivity index (χ4n) is 5.17. The molecule has 1 aromatic carbocycles. The second-order valence-electron chi connectivity index (χ2n) is 9.04. The maximum atomic E-state index is 13.7. The molecule has 0 N–H and O–H groups in total. The predicted molar refractivity (Wildman–Crippen MR) is 124 cm³/mol. The summed E-state index contributed by atoms with van der Waals surface area (Å²) in [5.74, 6) is 0.124. The lowest BCUT2D eigenvalue weighted by atomic mass is 10.0. The Kier molecular flexibility index (Phi) is 5.76. The van der Waals surface area contributed by atoms with Gasteiger partial charge in [-0.3, -0.25) is 9.59 Å². The Morgan fingerprint density at radius 1 is 1.12 bits per heavy atom. The van der Waals surface area contributed by atoms with E-state index >= 15 is 0 Å². The Balaban J connectivity index is 1.36. The molecule has 2 aromatic heterocycles. The largest absolute Gasteiger partial charge is 0.336 e. The molecule has 5 rings (SSSR count). The van der Waals surface area contributed by atoms with E-state index in [1.807, 2.05) is 44.9 Å². The number of amides is 2. The zero-order chi connectivity index (χ0) is 22.2. The molecule has 1 aliphatic heterocycles. The molecule has 1 atom stereocenters. The molecule has 1 aliphatic carbocycles. The van der Waals surface area contributed by atoms with Crippen LogP contribution in [0, 0.1) is 11.7 Å². The third kappa shape index (κ3) is 3.94. The quantitative estimate of drug-likeness (QED) is 0.572. The van der Waals surface area contributed by atoms with Crippen molar-refractivity contribution in [1.82, 2.24) is 14.4 Å². The molecule has 0 bridgehead atoms. The van der Waals surface area contributed by atoms with Crippen LogP contribution in [-0.4, -0.2) is 51.9 Å². The SMILES string of the molecule is CC1CN(C(=O)c2cc3ccsc3n2Cc2cccc(F)c2)CCN1C(=O)C1CCCC1. The zero-order valence-corrected chi connectivity index (χ0v) is 19.1. The average Bonchev–Trinajstić information content (AvgIpc) is 3.52. The van der Waals surface area contributed by atoms with Crippen LogP contribution >= 0.6 is 11.3 Å². The maximum Gasteiger partial charge on any atom is 0.270 e. The van der Waals surface area contributed by atoms with E-state index in [2.05, 4.69) is 0 Å². The number of nitrogens with zero attached hydrogens (tertiary/aromatic N) is 3. The molecule has 168 valence electrons. The lowest BCUT2D eigenvalue weighted by Gasteiger charge is -2.41. The first kappa shape index (κ1) is 21.2. The van der Waals surface area contributed by atoms with E-state index in [9.17, 15) is 14.0 Å². The van der Waals surface area contributed by atoms with E-state index in [0.717, 1.165) is 41.5 Å². The minimum atomic E-state index is -0.276. The monoisotopic (exact) mass is 453 g/mol. The summed E-state index contributed by atoms with van der Waals surface area (Å²) in [6.07, 6.45) is 4.27. The van der Waals surface area contributed by atoms with Gasteiger partial charge in [-0.15, -0.1) is 11.3 Å². The van der Waals surface area contributed by atoms with Crippen molar-refractivity contribution < 1.29 is 14.0 Å². The first-order chi connectivity index (χ1) is 15.5. The molecule has 0 radical (unpaired) electrons. The first-order valence-corrected chi connectivity index (χ1v) is 12.3. The summed E-state index contributed by atoms with van der Waals surface area (Å²) in [5.41, 5.74) is 1.45. The number of carbonyl (C=O) groups excluding carboxylic acids is 2. The van der Waals surface area contributed by atoms with Crippen molar-refractivity contribution in [2.45, 2.75) is 45.2 Å². The third-order valence-electron chi connectivity index (χ3n) is 6.85. The van der Waals surface area contributed by atoms with E-state index in [4.69, 9.17) is 0 Å². The van der Waals surface area contributed by atoms with Crippen LogP contribution in [0.4, 0.5) is 4.39 Å². The highest BCUT2D eigenvalue weighted by Gasteiger charge is 2.35. The fourth-order valence-corrected chi connectivity index (χ4v) is 6.06. The summed E-state index contributed by atoms with van der Waals surface area (Å²) in [5, 5.41) is 3.04. The van der Waals surface area contributed by atoms with E-state index < -0.39 is 0 Å². The second-order valence-corrected chi connectivity index (χ2v) is 9.93. The Morgan fingerprint density at radius 3 is 2.69 bits per heavy atom. The summed E-state index contributed by atoms with van der Waals surface area (Å²) in [7, 11) is 0. The highest BCUT2D eigenvalue weighted by Crippen LogP contribution is 2.30. The van der Waals surface area contributed by atoms with Crippen LogP contribution in [-0.2, 0) is 11.3 Å². The molecule has 1 saturated carbocycles. The molecule has 3 heterocycles. The van der Waals surface area contributed by atoms with Crippen LogP contribution in [0.5, 0.6) is 0 Å². The molecule has 3 aromatic rings. The number of piperazine rings is 1. The van der Waals surface area contributed by atoms with Gasteiger partial charge >= 0.3 is 0 Å². The van der Waals surface area contributed by atoms with E-state index in [1.54, 1.807) is 17.4 Å². The number of benzene rings is 1. The molecule has 2 fully saturated rings. The highest BCUT2D eigenvalue weighted by atomic mass is 32.1. The molecule has 1 saturated heterocycles. The number of rotatable bonds is 4. The fraction of sp³-hybridized carbons (Fsp3) is 0.440. The standard InChI is InChI=1S/C25H28FN3O2S/c1-17-15-27(10-11-28(17)23(30)19-6-2-3-7-19)24(31)22-14-20-9-12-32-25(20)29(22)16-18-5-4-8-21(26)13-18/h4-5,8-9,12-14,17,19H,2-3,6-7,10-11,15-16H2,1H3. The Labute approximate surface area is 191 Å². The van der Waals surface area contributed by atoms with Gasteiger partial charge in [0.25, 0.3) is 5.91 Å². The van der Waals surface area contributed by atoms with Crippen molar-refractivity contribution in [3.05, 3.63) is 58.9 Å². The van der Waals surface area contributed by atoms with Crippen molar-refractivity contribution in [2.24, 2.45) is 5.92 Å². The van der Waals surface area contributed by atoms with Crippen molar-refractivity contribution in [1.29, 1.82) is 0 Å². The molecule has 2 aliphatic rings. The van der Waals surface area contributed by atoms with Gasteiger partial charge in [0.2, 0.25) is 5.91 Å². The first-order valence-electron chi connectivity index (χ1n) is 11.4. The Hall–Kier alpha value is -2.67. The molecule has 5 nitrogen and oxygen atoms in total. The minimum Gasteiger partial charge on any atom is -0.336 e. The smallest absolute Gasteiger partial charge is 0.270 e. The minimum absolute atomic E-state index is 0.00792. The Morgan fingerprint density at radius 2 is 1.94 bits per heavy atom. The lowest BCUT2D eigenvalue weighted by Crippen LogP contribution is -2.56. The van der Waals surface area contributed by atoms with E-state index in [1.165, 1.54) is 12.1 Å². The van der Waals surface area contributed by atoms with Gasteiger partial charge in [0.1, 0.15) is 16.3 Å². The van der Waals surface area contributed by atoms with Gasteiger partial charge in [-0.25, -0.2) is 4.39 Å². The molecular weight excluding hydrogens is 425 g/mol. The van der Waals surface area contributed by atoms with Gasteiger partial charge in [-0.05, 0) is 55.0 Å². The number of halogens is 1. The summed E-state index contributed by atoms with van der Waals surface area (Å²) < 4.78 is 15.7. The van der Waals surface area contributed by atoms with Crippen molar-refractivity contribution in [3.63, 3.8) is 0 Å². The van der Waals surface area contributed by atoms with Gasteiger partial charge in [0.15, 0.2) is 0 Å². The van der Waals surface area contributed by atoms with Gasteiger partial charge in [-0.2, -0.15) is 0 Å². The van der Waals surface area contributed by atoms with Crippen molar-refractivity contribution in [3.8, 4) is 0 Å². The molecule has 32 heavy (non-hydrogen) atoms. The number of hydrogen-bond donors (Lipinski definition) is 0. The number of hydrogen-bond acceptors (Lipinski definition) is 3. The Bertz CT molecular complexity index is 1150. The number of carbonyl (C=O) groups is 2.